The van der Waals surface area contributed by atoms with Crippen molar-refractivity contribution in [3.63, 3.8) is 0 Å². The average Bonchev–Trinajstić information content (AvgIpc) is 2.75. The zero-order valence-corrected chi connectivity index (χ0v) is 8.60. The third-order valence-electron chi connectivity index (χ3n) is 2.41. The molecule has 78 valence electrons. The van der Waals surface area contributed by atoms with Gasteiger partial charge in [0.05, 0.1) is 6.26 Å². The van der Waals surface area contributed by atoms with Crippen molar-refractivity contribution in [2.24, 2.45) is 5.84 Å². The predicted molar refractivity (Wildman–Crippen MR) is 59.1 cm³/mol. The highest BCUT2D eigenvalue weighted by Crippen LogP contribution is 2.21. The Hall–Kier alpha value is -1.58. The fourth-order valence-corrected chi connectivity index (χ4v) is 1.56. The maximum Gasteiger partial charge on any atom is 0.126 e. The van der Waals surface area contributed by atoms with Crippen molar-refractivity contribution in [3.05, 3.63) is 59.5 Å². The largest absolute Gasteiger partial charge is 0.467 e. The third kappa shape index (κ3) is 2.09. The summed E-state index contributed by atoms with van der Waals surface area (Å²) >= 11 is 0. The van der Waals surface area contributed by atoms with Crippen molar-refractivity contribution in [1.29, 1.82) is 0 Å². The average molecular weight is 202 g/mol. The highest BCUT2D eigenvalue weighted by Gasteiger charge is 2.14. The van der Waals surface area contributed by atoms with Crippen LogP contribution in [0.3, 0.4) is 0 Å². The summed E-state index contributed by atoms with van der Waals surface area (Å²) in [5.41, 5.74) is 5.07. The monoisotopic (exact) mass is 202 g/mol. The number of rotatable bonds is 3. The summed E-state index contributed by atoms with van der Waals surface area (Å²) in [7, 11) is 0. The molecule has 0 saturated carbocycles. The lowest BCUT2D eigenvalue weighted by molar-refractivity contribution is 0.452. The Morgan fingerprint density at radius 2 is 1.93 bits per heavy atom. The van der Waals surface area contributed by atoms with Crippen LogP contribution in [0.1, 0.15) is 22.9 Å². The normalized spacial score (nSPS) is 12.7. The Morgan fingerprint density at radius 1 is 1.20 bits per heavy atom. The highest BCUT2D eigenvalue weighted by molar-refractivity contribution is 5.29. The molecule has 1 unspecified atom stereocenters. The summed E-state index contributed by atoms with van der Waals surface area (Å²) in [6, 6.07) is 11.9. The summed E-state index contributed by atoms with van der Waals surface area (Å²) in [4.78, 5) is 0. The minimum atomic E-state index is -0.0828. The van der Waals surface area contributed by atoms with Gasteiger partial charge in [-0.3, -0.25) is 5.84 Å². The molecule has 0 bridgehead atoms. The van der Waals surface area contributed by atoms with Gasteiger partial charge in [-0.05, 0) is 24.6 Å². The topological polar surface area (TPSA) is 51.2 Å². The second-order valence-corrected chi connectivity index (χ2v) is 3.53. The summed E-state index contributed by atoms with van der Waals surface area (Å²) in [6.07, 6.45) is 1.65. The van der Waals surface area contributed by atoms with E-state index in [0.717, 1.165) is 11.3 Å². The van der Waals surface area contributed by atoms with Crippen molar-refractivity contribution in [3.8, 4) is 0 Å². The number of furan rings is 1. The van der Waals surface area contributed by atoms with Gasteiger partial charge in [0.25, 0.3) is 0 Å². The van der Waals surface area contributed by atoms with E-state index in [0.29, 0.717) is 0 Å². The van der Waals surface area contributed by atoms with Gasteiger partial charge in [-0.2, -0.15) is 0 Å². The lowest BCUT2D eigenvalue weighted by Crippen LogP contribution is -2.28. The van der Waals surface area contributed by atoms with Gasteiger partial charge in [0.1, 0.15) is 11.8 Å². The Morgan fingerprint density at radius 3 is 2.47 bits per heavy atom. The minimum Gasteiger partial charge on any atom is -0.467 e. The number of hydrazine groups is 1. The lowest BCUT2D eigenvalue weighted by Gasteiger charge is -2.13. The SMILES string of the molecule is Cc1ccc(C(NN)c2ccco2)cc1. The molecule has 0 aliphatic heterocycles. The van der Waals surface area contributed by atoms with Gasteiger partial charge in [0, 0.05) is 0 Å². The van der Waals surface area contributed by atoms with Crippen LogP contribution in [0, 0.1) is 6.92 Å². The Labute approximate surface area is 88.9 Å². The van der Waals surface area contributed by atoms with Crippen LogP contribution in [-0.2, 0) is 0 Å². The smallest absolute Gasteiger partial charge is 0.126 e. The second kappa shape index (κ2) is 4.29. The van der Waals surface area contributed by atoms with E-state index in [1.165, 1.54) is 5.56 Å². The molecule has 0 amide bonds. The van der Waals surface area contributed by atoms with Gasteiger partial charge in [-0.25, -0.2) is 5.43 Å². The fraction of sp³-hybridized carbons (Fsp3) is 0.167. The van der Waals surface area contributed by atoms with Crippen molar-refractivity contribution < 1.29 is 4.42 Å². The number of nitrogens with one attached hydrogen (secondary N) is 1. The van der Waals surface area contributed by atoms with Gasteiger partial charge in [-0.15, -0.1) is 0 Å². The van der Waals surface area contributed by atoms with E-state index >= 15 is 0 Å². The summed E-state index contributed by atoms with van der Waals surface area (Å²) < 4.78 is 5.33. The molecular weight excluding hydrogens is 188 g/mol. The first-order valence-corrected chi connectivity index (χ1v) is 4.87. The van der Waals surface area contributed by atoms with Crippen molar-refractivity contribution in [1.82, 2.24) is 5.43 Å². The zero-order valence-electron chi connectivity index (χ0n) is 8.60. The second-order valence-electron chi connectivity index (χ2n) is 3.53. The molecule has 0 spiro atoms. The highest BCUT2D eigenvalue weighted by atomic mass is 16.3. The minimum absolute atomic E-state index is 0.0828. The van der Waals surface area contributed by atoms with Crippen LogP contribution in [0.25, 0.3) is 0 Å². The van der Waals surface area contributed by atoms with E-state index in [4.69, 9.17) is 10.3 Å². The van der Waals surface area contributed by atoms with E-state index in [1.54, 1.807) is 6.26 Å². The maximum atomic E-state index is 5.52. The van der Waals surface area contributed by atoms with Crippen LogP contribution in [0.2, 0.25) is 0 Å². The molecule has 0 fully saturated rings. The number of nitrogens with two attached hydrogens (primary N) is 1. The van der Waals surface area contributed by atoms with Crippen LogP contribution in [0.15, 0.2) is 47.1 Å². The van der Waals surface area contributed by atoms with Gasteiger partial charge >= 0.3 is 0 Å². The zero-order chi connectivity index (χ0) is 10.7. The van der Waals surface area contributed by atoms with Crippen LogP contribution >= 0.6 is 0 Å². The van der Waals surface area contributed by atoms with Gasteiger partial charge in [0.15, 0.2) is 0 Å². The number of aryl methyl sites for hydroxylation is 1. The predicted octanol–water partition coefficient (Wildman–Crippen LogP) is 2.14. The molecule has 3 heteroatoms. The first-order chi connectivity index (χ1) is 7.31. The molecule has 0 aliphatic rings. The van der Waals surface area contributed by atoms with Crippen LogP contribution in [-0.4, -0.2) is 0 Å². The van der Waals surface area contributed by atoms with Crippen molar-refractivity contribution >= 4 is 0 Å². The lowest BCUT2D eigenvalue weighted by atomic mass is 10.0. The summed E-state index contributed by atoms with van der Waals surface area (Å²) in [5.74, 6) is 6.34. The number of hydrogen-bond donors (Lipinski definition) is 2. The Bertz CT molecular complexity index is 406. The van der Waals surface area contributed by atoms with E-state index in [2.05, 4.69) is 24.5 Å². The van der Waals surface area contributed by atoms with Gasteiger partial charge in [-0.1, -0.05) is 29.8 Å². The molecule has 0 radical (unpaired) electrons. The van der Waals surface area contributed by atoms with E-state index in [-0.39, 0.29) is 6.04 Å². The molecule has 3 nitrogen and oxygen atoms in total. The van der Waals surface area contributed by atoms with Crippen LogP contribution < -0.4 is 11.3 Å². The van der Waals surface area contributed by atoms with Crippen LogP contribution in [0.5, 0.6) is 0 Å². The standard InChI is InChI=1S/C12H14N2O/c1-9-4-6-10(7-5-9)12(14-13)11-3-2-8-15-11/h2-8,12,14H,13H2,1H3. The van der Waals surface area contributed by atoms with E-state index in [1.807, 2.05) is 24.3 Å². The molecule has 15 heavy (non-hydrogen) atoms. The molecule has 1 aromatic heterocycles. The van der Waals surface area contributed by atoms with Crippen LogP contribution in [0.4, 0.5) is 0 Å². The molecule has 0 aliphatic carbocycles. The number of hydrogen-bond acceptors (Lipinski definition) is 3. The molecule has 0 saturated heterocycles. The molecule has 2 rings (SSSR count). The summed E-state index contributed by atoms with van der Waals surface area (Å²) in [6.45, 7) is 2.06. The Kier molecular flexibility index (Phi) is 2.85. The summed E-state index contributed by atoms with van der Waals surface area (Å²) in [5, 5.41) is 0. The molecule has 1 aromatic carbocycles. The fourth-order valence-electron chi connectivity index (χ4n) is 1.56. The van der Waals surface area contributed by atoms with Crippen molar-refractivity contribution in [2.45, 2.75) is 13.0 Å². The van der Waals surface area contributed by atoms with Gasteiger partial charge < -0.3 is 4.42 Å². The van der Waals surface area contributed by atoms with E-state index in [9.17, 15) is 0 Å². The molecular formula is C12H14N2O. The van der Waals surface area contributed by atoms with Crippen molar-refractivity contribution in [2.75, 3.05) is 0 Å². The van der Waals surface area contributed by atoms with E-state index < -0.39 is 0 Å². The third-order valence-corrected chi connectivity index (χ3v) is 2.41. The molecule has 1 atom stereocenters. The maximum absolute atomic E-state index is 5.52. The van der Waals surface area contributed by atoms with Gasteiger partial charge in [0.2, 0.25) is 0 Å². The Balaban J connectivity index is 2.31. The first kappa shape index (κ1) is 9.96. The first-order valence-electron chi connectivity index (χ1n) is 4.87. The quantitative estimate of drug-likeness (QED) is 0.592. The number of benzene rings is 1. The molecule has 2 aromatic rings. The molecule has 3 N–H and O–H groups in total. The molecule has 1 heterocycles.